The van der Waals surface area contributed by atoms with Crippen molar-refractivity contribution in [3.8, 4) is 33.8 Å². The molecule has 14 nitrogen and oxygen atoms in total. The van der Waals surface area contributed by atoms with Crippen LogP contribution in [0.25, 0.3) is 50.9 Å². The molecule has 8 rings (SSSR count). The summed E-state index contributed by atoms with van der Waals surface area (Å²) in [5, 5.41) is 13.2. The van der Waals surface area contributed by atoms with Gasteiger partial charge in [0.1, 0.15) is 5.69 Å². The SMILES string of the molecule is C.C.C.C.CCCNCCN.CCCNCCN.CNCCN.O=C(/C=C/c1ccccc1)c1ccccc1.O=C(C[n+]1ccccc1)c1ccccn1.[CH2-]C.[CH2-]CC[N-]CC[NH-].[Cl][Pt].[I-].[Li+].c1ccc(-c2cc(-c3ccccc3)nc(-c3ccccn3)c2)cc1. The van der Waals surface area contributed by atoms with Crippen LogP contribution in [0.2, 0.25) is 0 Å². The summed E-state index contributed by atoms with van der Waals surface area (Å²) in [7, 11) is 6.49. The van der Waals surface area contributed by atoms with Gasteiger partial charge in [0.25, 0.3) is 0 Å². The molecule has 4 aromatic carbocycles. The molecule has 0 radical (unpaired) electrons. The fourth-order valence-corrected chi connectivity index (χ4v) is 6.73. The number of allylic oxidation sites excluding steroid dienone is 1. The minimum atomic E-state index is 0. The molecule has 4 aromatic heterocycles. The van der Waals surface area contributed by atoms with Gasteiger partial charge in [-0.05, 0) is 92.1 Å². The topological polar surface area (TPSA) is 229 Å². The summed E-state index contributed by atoms with van der Waals surface area (Å²) in [6.07, 6.45) is 13.8. The second-order valence-corrected chi connectivity index (χ2v) is 17.5. The van der Waals surface area contributed by atoms with Crippen LogP contribution < -0.4 is 80.6 Å². The van der Waals surface area contributed by atoms with Crippen LogP contribution in [0, 0.1) is 13.8 Å². The molecule has 0 atom stereocenters. The molecule has 0 bridgehead atoms. The number of hydrogen-bond acceptors (Lipinski definition) is 11. The van der Waals surface area contributed by atoms with Crippen molar-refractivity contribution in [3.63, 3.8) is 0 Å². The summed E-state index contributed by atoms with van der Waals surface area (Å²) in [6.45, 7) is 22.4. The van der Waals surface area contributed by atoms with Gasteiger partial charge in [-0.15, -0.1) is 0 Å². The van der Waals surface area contributed by atoms with Gasteiger partial charge in [0.15, 0.2) is 18.2 Å². The van der Waals surface area contributed by atoms with E-state index in [9.17, 15) is 9.59 Å². The number of halogens is 2. The number of nitrogens with two attached hydrogens (primary N) is 3. The molecule has 0 unspecified atom stereocenters. The number of ketones is 2. The van der Waals surface area contributed by atoms with E-state index in [0.29, 0.717) is 25.3 Å². The molecule has 0 saturated carbocycles. The maximum Gasteiger partial charge on any atom is 1.00 e. The number of likely N-dealkylation sites (N-methyl/N-ethyl adjacent to an activating group) is 1. The second-order valence-electron chi connectivity index (χ2n) is 17.5. The standard InChI is InChI=1S/C22H16N2.C15H12O.C12H11N2O.2C5H14N2.C5H11N2.C3H10N2.C2H5.4CH4.ClH.HI.Li.Pt/c1-3-9-17(10-4-1)19-15-21(18-11-5-2-6-12-18)24-22(16-19)20-13-7-8-14-23-20;16-15(14-9-5-2-6-10-14)12-11-13-7-3-1-4-8-13;15-12(11-6-2-3-7-13-11)10-14-8-4-1-5-9-14;3*1-2-4-7-5-3-6;1-5-3-2-4;1-2;;;;;;;;/h1-16H;1-12H;1-9H,10H2;2*7H,2-6H2,1H3;6H,1-5H2;5H,2-4H2,1H3;1H2,2H3;4*1H4;2*1H;;/q;;+1;;;-3;;-1;;;;;;;2*+1/p-2/b;12-11+;;;;;;;;;;;;;;. The van der Waals surface area contributed by atoms with Gasteiger partial charge in [0.05, 0.1) is 17.1 Å². The molecule has 4 heterocycles. The van der Waals surface area contributed by atoms with Gasteiger partial charge >= 0.3 is 47.1 Å². The Morgan fingerprint density at radius 3 is 1.49 bits per heavy atom. The predicted molar refractivity (Wildman–Crippen MR) is 383 cm³/mol. The zero-order valence-electron chi connectivity index (χ0n) is 51.7. The molecular formula is C73H109ClILiN12O2Pt-3. The van der Waals surface area contributed by atoms with Crippen LogP contribution >= 0.6 is 9.42 Å². The van der Waals surface area contributed by atoms with E-state index in [1.165, 1.54) is 18.4 Å². The Morgan fingerprint density at radius 1 is 0.593 bits per heavy atom. The summed E-state index contributed by atoms with van der Waals surface area (Å²) in [4.78, 5) is 36.8. The smallest absolute Gasteiger partial charge is 1.00 e. The van der Waals surface area contributed by atoms with Crippen molar-refractivity contribution in [2.75, 3.05) is 79.0 Å². The fourth-order valence-electron chi connectivity index (χ4n) is 6.73. The number of aromatic nitrogens is 4. The second kappa shape index (κ2) is 73.6. The number of rotatable bonds is 23. The van der Waals surface area contributed by atoms with E-state index in [4.69, 9.17) is 27.9 Å². The van der Waals surface area contributed by atoms with Crippen LogP contribution in [0.15, 0.2) is 219 Å². The first-order valence-corrected chi connectivity index (χ1v) is 31.4. The minimum absolute atomic E-state index is 0. The summed E-state index contributed by atoms with van der Waals surface area (Å²) in [5.41, 5.74) is 30.6. The molecule has 0 aliphatic heterocycles. The average molecular weight is 1550 g/mol. The van der Waals surface area contributed by atoms with Crippen molar-refractivity contribution in [1.82, 2.24) is 30.9 Å². The number of nitrogens with one attached hydrogen (secondary N) is 4. The van der Waals surface area contributed by atoms with Crippen LogP contribution in [0.1, 0.15) is 96.2 Å². The minimum Gasteiger partial charge on any atom is -1.00 e. The Labute approximate surface area is 595 Å². The quantitative estimate of drug-likeness (QED) is 0.00673. The van der Waals surface area contributed by atoms with Crippen LogP contribution in [-0.2, 0) is 25.3 Å². The summed E-state index contributed by atoms with van der Waals surface area (Å²) < 4.78 is 1.83. The van der Waals surface area contributed by atoms with Gasteiger partial charge < -0.3 is 82.0 Å². The van der Waals surface area contributed by atoms with E-state index in [1.807, 2.05) is 157 Å². The number of nitrogens with zero attached hydrogens (tertiary/aromatic N) is 5. The van der Waals surface area contributed by atoms with Gasteiger partial charge in [0.2, 0.25) is 12.3 Å². The molecule has 0 spiro atoms. The molecule has 91 heavy (non-hydrogen) atoms. The molecule has 501 valence electrons. The van der Waals surface area contributed by atoms with E-state index in [-0.39, 0.29) is 84.1 Å². The molecule has 0 aliphatic carbocycles. The monoisotopic (exact) mass is 1550 g/mol. The normalized spacial score (nSPS) is 9.02. The molecular weight excluding hydrogens is 1440 g/mol. The van der Waals surface area contributed by atoms with E-state index in [0.717, 1.165) is 105 Å². The van der Waals surface area contributed by atoms with Gasteiger partial charge in [-0.25, -0.2) is 11.4 Å². The number of carbonyl (C=O) groups is 2. The molecule has 0 amide bonds. The first kappa shape index (κ1) is 99.1. The predicted octanol–water partition coefficient (Wildman–Crippen LogP) is 9.08. The molecule has 0 fully saturated rings. The molecule has 10 N–H and O–H groups in total. The zero-order valence-corrected chi connectivity index (χ0v) is 56.9. The third-order valence-electron chi connectivity index (χ3n) is 10.7. The van der Waals surface area contributed by atoms with Gasteiger partial charge in [-0.1, -0.05) is 189 Å². The largest absolute Gasteiger partial charge is 1.00 e. The third-order valence-corrected chi connectivity index (χ3v) is 10.7. The maximum absolute atomic E-state index is 11.7. The van der Waals surface area contributed by atoms with E-state index >= 15 is 0 Å². The van der Waals surface area contributed by atoms with Crippen molar-refractivity contribution in [3.05, 3.63) is 261 Å². The van der Waals surface area contributed by atoms with Crippen molar-refractivity contribution >= 4 is 27.1 Å². The summed E-state index contributed by atoms with van der Waals surface area (Å²) >= 11 is 1.61. The number of carbonyl (C=O) groups excluding carboxylic acids is 2. The van der Waals surface area contributed by atoms with E-state index < -0.39 is 0 Å². The number of hydrogen-bond donors (Lipinski definition) is 6. The molecule has 0 aliphatic rings. The fraction of sp³-hybridized carbons (Fsp3) is 0.315. The molecule has 18 heteroatoms. The van der Waals surface area contributed by atoms with Crippen molar-refractivity contribution in [1.29, 1.82) is 0 Å². The summed E-state index contributed by atoms with van der Waals surface area (Å²) in [6, 6.07) is 60.9. The van der Waals surface area contributed by atoms with Crippen LogP contribution in [0.5, 0.6) is 0 Å². The van der Waals surface area contributed by atoms with Crippen LogP contribution in [-0.4, -0.2) is 106 Å². The van der Waals surface area contributed by atoms with Crippen molar-refractivity contribution < 1.29 is 75.8 Å². The maximum atomic E-state index is 11.7. The number of Topliss-reactive ketones (excluding diaryl/α,β-unsaturated/α-hetero) is 1. The van der Waals surface area contributed by atoms with E-state index in [1.54, 1.807) is 56.3 Å². The Kier molecular flexibility index (Phi) is 80.2. The first-order valence-electron chi connectivity index (χ1n) is 28.6. The van der Waals surface area contributed by atoms with E-state index in [2.05, 4.69) is 117 Å². The van der Waals surface area contributed by atoms with Gasteiger partial charge in [0, 0.05) is 74.9 Å². The Bertz CT molecular complexity index is 2600. The van der Waals surface area contributed by atoms with Crippen molar-refractivity contribution in [2.24, 2.45) is 17.2 Å². The zero-order chi connectivity index (χ0) is 62.6. The summed E-state index contributed by atoms with van der Waals surface area (Å²) in [5.74, 6) is 0.0521. The molecule has 8 aromatic rings. The van der Waals surface area contributed by atoms with Crippen LogP contribution in [0.3, 0.4) is 0 Å². The Balaban J connectivity index is -0.000000189. The van der Waals surface area contributed by atoms with Crippen molar-refractivity contribution in [2.45, 2.75) is 76.3 Å². The van der Waals surface area contributed by atoms with Gasteiger partial charge in [-0.3, -0.25) is 19.6 Å². The average Bonchev–Trinajstić information content (AvgIpc) is 1.29. The number of pyridine rings is 4. The first-order chi connectivity index (χ1) is 41.8. The Morgan fingerprint density at radius 2 is 1.05 bits per heavy atom. The van der Waals surface area contributed by atoms with Gasteiger partial charge in [-0.2, -0.15) is 31.1 Å². The van der Waals surface area contributed by atoms with Crippen LogP contribution in [0.4, 0.5) is 0 Å². The number of benzene rings is 4. The Hall–Kier alpha value is -5.45. The molecule has 0 saturated heterocycles. The third kappa shape index (κ3) is 51.7.